The van der Waals surface area contributed by atoms with Gasteiger partial charge in [0.2, 0.25) is 0 Å². The van der Waals surface area contributed by atoms with Crippen molar-refractivity contribution in [1.82, 2.24) is 10.2 Å². The second kappa shape index (κ2) is 6.94. The van der Waals surface area contributed by atoms with Crippen molar-refractivity contribution < 1.29 is 33.9 Å². The quantitative estimate of drug-likeness (QED) is 0.261. The number of ether oxygens (including phenoxy) is 1. The molecule has 26 heavy (non-hydrogen) atoms. The molecule has 1 saturated heterocycles. The van der Waals surface area contributed by atoms with E-state index in [1.807, 2.05) is 0 Å². The number of carboxylic acid groups (broad SMARTS) is 1. The average molecular weight is 387 g/mol. The van der Waals surface area contributed by atoms with Crippen molar-refractivity contribution in [1.29, 1.82) is 0 Å². The van der Waals surface area contributed by atoms with Gasteiger partial charge in [0.25, 0.3) is 17.4 Å². The molecule has 2 aliphatic heterocycles. The van der Waals surface area contributed by atoms with E-state index in [4.69, 9.17) is 4.74 Å². The number of hydrogen-bond donors (Lipinski definition) is 2. The zero-order chi connectivity index (χ0) is 19.8. The smallest absolute Gasteiger partial charge is 0.352 e. The fourth-order valence-electron chi connectivity index (χ4n) is 2.38. The molecule has 2 amide bonds. The van der Waals surface area contributed by atoms with E-state index in [0.29, 0.717) is 0 Å². The molecule has 1 fully saturated rings. The predicted molar refractivity (Wildman–Crippen MR) is 87.4 cm³/mol. The maximum absolute atomic E-state index is 12.3. The molecule has 2 heterocycles. The molecule has 2 rings (SSSR count). The van der Waals surface area contributed by atoms with E-state index in [2.05, 4.69) is 5.32 Å². The van der Waals surface area contributed by atoms with Crippen LogP contribution < -0.4 is 5.32 Å². The number of aliphatic carboxylic acids is 1. The number of nitro groups is 1. The molecule has 142 valence electrons. The predicted octanol–water partition coefficient (Wildman–Crippen LogP) is -0.657. The monoisotopic (exact) mass is 387 g/mol. The van der Waals surface area contributed by atoms with E-state index in [1.54, 1.807) is 0 Å². The first-order valence-electron chi connectivity index (χ1n) is 7.47. The van der Waals surface area contributed by atoms with Gasteiger partial charge in [0, 0.05) is 37.0 Å². The summed E-state index contributed by atoms with van der Waals surface area (Å²) < 4.78 is 4.81. The van der Waals surface area contributed by atoms with Crippen molar-refractivity contribution >= 4 is 35.5 Å². The first kappa shape index (κ1) is 19.7. The summed E-state index contributed by atoms with van der Waals surface area (Å²) >= 11 is 1.17. The molecule has 2 aliphatic rings. The highest BCUT2D eigenvalue weighted by Gasteiger charge is 2.56. The Morgan fingerprint density at radius 2 is 2.08 bits per heavy atom. The molecular weight excluding hydrogens is 370 g/mol. The third kappa shape index (κ3) is 3.36. The maximum atomic E-state index is 12.3. The summed E-state index contributed by atoms with van der Waals surface area (Å²) in [5.74, 6) is -3.40. The third-order valence-electron chi connectivity index (χ3n) is 4.00. The first-order valence-corrected chi connectivity index (χ1v) is 8.52. The van der Waals surface area contributed by atoms with Crippen molar-refractivity contribution in [2.45, 2.75) is 37.7 Å². The number of amides is 2. The van der Waals surface area contributed by atoms with Gasteiger partial charge in [-0.05, 0) is 0 Å². The second-order valence-corrected chi connectivity index (χ2v) is 7.32. The van der Waals surface area contributed by atoms with Crippen LogP contribution in [0.5, 0.6) is 0 Å². The van der Waals surface area contributed by atoms with E-state index in [0.717, 1.165) is 18.7 Å². The number of carbonyl (C=O) groups is 4. The van der Waals surface area contributed by atoms with Crippen molar-refractivity contribution in [3.8, 4) is 0 Å². The van der Waals surface area contributed by atoms with Gasteiger partial charge in [-0.3, -0.25) is 29.4 Å². The Kier molecular flexibility index (Phi) is 5.26. The number of nitrogens with one attached hydrogen (secondary N) is 1. The summed E-state index contributed by atoms with van der Waals surface area (Å²) in [6.07, 6.45) is 0. The van der Waals surface area contributed by atoms with Crippen LogP contribution in [0.2, 0.25) is 0 Å². The SMILES string of the molecule is CC(=O)OCC1=C(C(=O)O)N2C(=O)C(NC(=O)C(C)(C)[N+](=O)[O-])[C@@H]2SC1. The highest BCUT2D eigenvalue weighted by Crippen LogP contribution is 2.40. The Bertz CT molecular complexity index is 732. The van der Waals surface area contributed by atoms with Gasteiger partial charge in [0.15, 0.2) is 0 Å². The van der Waals surface area contributed by atoms with Crippen molar-refractivity contribution in [3.05, 3.63) is 21.4 Å². The molecule has 0 aromatic rings. The summed E-state index contributed by atoms with van der Waals surface area (Å²) in [4.78, 5) is 58.1. The molecule has 0 spiro atoms. The zero-order valence-electron chi connectivity index (χ0n) is 14.2. The molecule has 0 aromatic heterocycles. The molecule has 2 N–H and O–H groups in total. The number of hydrogen-bond acceptors (Lipinski definition) is 8. The molecule has 12 heteroatoms. The van der Waals surface area contributed by atoms with Gasteiger partial charge in [-0.2, -0.15) is 0 Å². The largest absolute Gasteiger partial charge is 0.477 e. The van der Waals surface area contributed by atoms with Crippen LogP contribution in [0.15, 0.2) is 11.3 Å². The van der Waals surface area contributed by atoms with Crippen LogP contribution in [-0.2, 0) is 23.9 Å². The number of thioether (sulfide) groups is 1. The van der Waals surface area contributed by atoms with Crippen LogP contribution in [0.3, 0.4) is 0 Å². The van der Waals surface area contributed by atoms with Crippen LogP contribution in [0.25, 0.3) is 0 Å². The fourth-order valence-corrected chi connectivity index (χ4v) is 3.71. The topological polar surface area (TPSA) is 156 Å². The molecule has 11 nitrogen and oxygen atoms in total. The van der Waals surface area contributed by atoms with E-state index in [-0.39, 0.29) is 23.6 Å². The number of esters is 1. The normalized spacial score (nSPS) is 22.3. The number of carboxylic acids is 1. The van der Waals surface area contributed by atoms with Gasteiger partial charge in [0.1, 0.15) is 23.7 Å². The second-order valence-electron chi connectivity index (χ2n) is 6.21. The van der Waals surface area contributed by atoms with Crippen molar-refractivity contribution in [2.75, 3.05) is 12.4 Å². The Hall–Kier alpha value is -2.63. The number of fused-ring (bicyclic) bond motifs is 1. The highest BCUT2D eigenvalue weighted by atomic mass is 32.2. The Labute approximate surface area is 151 Å². The third-order valence-corrected chi connectivity index (χ3v) is 5.34. The van der Waals surface area contributed by atoms with E-state index in [9.17, 15) is 34.4 Å². The molecule has 0 saturated carbocycles. The Balaban J connectivity index is 2.19. The summed E-state index contributed by atoms with van der Waals surface area (Å²) in [5.41, 5.74) is -1.96. The average Bonchev–Trinajstić information content (AvgIpc) is 2.55. The van der Waals surface area contributed by atoms with Crippen LogP contribution in [-0.4, -0.2) is 68.0 Å². The van der Waals surface area contributed by atoms with Gasteiger partial charge in [0.05, 0.1) is 0 Å². The summed E-state index contributed by atoms with van der Waals surface area (Å²) in [5, 5.41) is 22.0. The minimum Gasteiger partial charge on any atom is -0.477 e. The van der Waals surface area contributed by atoms with Gasteiger partial charge in [-0.25, -0.2) is 4.79 Å². The lowest BCUT2D eigenvalue weighted by atomic mass is 10.00. The minimum atomic E-state index is -1.92. The van der Waals surface area contributed by atoms with E-state index in [1.165, 1.54) is 18.7 Å². The summed E-state index contributed by atoms with van der Waals surface area (Å²) in [7, 11) is 0. The molecule has 0 bridgehead atoms. The highest BCUT2D eigenvalue weighted by molar-refractivity contribution is 8.00. The Morgan fingerprint density at radius 3 is 2.58 bits per heavy atom. The lowest BCUT2D eigenvalue weighted by molar-refractivity contribution is -0.543. The molecule has 0 aliphatic carbocycles. The standard InChI is InChI=1S/C14H17N3O8S/c1-6(18)25-4-7-5-26-11-8(10(19)16(11)9(7)12(20)21)15-13(22)14(2,3)17(23)24/h8,11H,4-5H2,1-3H3,(H,15,22)(H,20,21)/t8?,11-/m0/s1. The zero-order valence-corrected chi connectivity index (χ0v) is 15.0. The number of carbonyl (C=O) groups excluding carboxylic acids is 3. The molecule has 1 unspecified atom stereocenters. The van der Waals surface area contributed by atoms with Crippen LogP contribution in [0.4, 0.5) is 0 Å². The van der Waals surface area contributed by atoms with Crippen LogP contribution >= 0.6 is 11.8 Å². The summed E-state index contributed by atoms with van der Waals surface area (Å²) in [6, 6.07) is -1.06. The lowest BCUT2D eigenvalue weighted by Crippen LogP contribution is -2.72. The van der Waals surface area contributed by atoms with E-state index >= 15 is 0 Å². The van der Waals surface area contributed by atoms with Gasteiger partial charge >= 0.3 is 11.9 Å². The van der Waals surface area contributed by atoms with Crippen molar-refractivity contribution in [2.24, 2.45) is 0 Å². The lowest BCUT2D eigenvalue weighted by Gasteiger charge is -2.49. The van der Waals surface area contributed by atoms with Gasteiger partial charge in [-0.1, -0.05) is 0 Å². The number of nitrogens with zero attached hydrogens (tertiary/aromatic N) is 2. The fraction of sp³-hybridized carbons (Fsp3) is 0.571. The molecule has 0 radical (unpaired) electrons. The minimum absolute atomic E-state index is 0.175. The summed E-state index contributed by atoms with van der Waals surface area (Å²) in [6.45, 7) is 3.14. The Morgan fingerprint density at radius 1 is 1.46 bits per heavy atom. The van der Waals surface area contributed by atoms with E-state index < -0.39 is 45.6 Å². The molecular formula is C14H17N3O8S. The maximum Gasteiger partial charge on any atom is 0.352 e. The van der Waals surface area contributed by atoms with Gasteiger partial charge in [-0.15, -0.1) is 11.8 Å². The number of rotatable bonds is 6. The van der Waals surface area contributed by atoms with Crippen molar-refractivity contribution in [3.63, 3.8) is 0 Å². The van der Waals surface area contributed by atoms with Gasteiger partial charge < -0.3 is 15.2 Å². The number of β-lactam (4-membered cyclic amide) rings is 1. The van der Waals surface area contributed by atoms with Crippen LogP contribution in [0, 0.1) is 10.1 Å². The molecule has 0 aromatic carbocycles. The first-order chi connectivity index (χ1) is 12.0. The molecule has 2 atom stereocenters. The van der Waals surface area contributed by atoms with Crippen LogP contribution in [0.1, 0.15) is 20.8 Å².